The number of hydrogen-bond acceptors (Lipinski definition) is 23. The van der Waals surface area contributed by atoms with Crippen LogP contribution < -0.4 is 15.1 Å². The lowest BCUT2D eigenvalue weighted by Crippen LogP contribution is -2.64. The lowest BCUT2D eigenvalue weighted by molar-refractivity contribution is -0.342. The van der Waals surface area contributed by atoms with Crippen LogP contribution in [0.15, 0.2) is 100 Å². The Labute approximate surface area is 424 Å². The summed E-state index contributed by atoms with van der Waals surface area (Å²) >= 11 is 0. The molecule has 16 atom stereocenters. The van der Waals surface area contributed by atoms with Gasteiger partial charge in [0, 0.05) is 17.7 Å². The second-order valence-electron chi connectivity index (χ2n) is 18.3. The summed E-state index contributed by atoms with van der Waals surface area (Å²) in [6.07, 6.45) is -28.4. The maximum absolute atomic E-state index is 14.1. The van der Waals surface area contributed by atoms with Crippen molar-refractivity contribution in [3.8, 4) is 28.6 Å². The molecule has 11 N–H and O–H groups in total. The first kappa shape index (κ1) is 53.2. The first-order valence-electron chi connectivity index (χ1n) is 23.6. The second-order valence-corrected chi connectivity index (χ2v) is 18.3. The molecule has 4 aliphatic heterocycles. The number of carbonyl (C=O) groups is 3. The third kappa shape index (κ3) is 10.2. The molecule has 400 valence electrons. The van der Waals surface area contributed by atoms with Gasteiger partial charge in [-0.2, -0.15) is 0 Å². The van der Waals surface area contributed by atoms with Crippen LogP contribution in [0.25, 0.3) is 22.3 Å². The molecule has 0 bridgehead atoms. The van der Waals surface area contributed by atoms with E-state index in [0.29, 0.717) is 5.56 Å². The molecule has 5 heterocycles. The van der Waals surface area contributed by atoms with E-state index < -0.39 is 164 Å². The highest BCUT2D eigenvalue weighted by atomic mass is 16.7. The van der Waals surface area contributed by atoms with Gasteiger partial charge in [0.05, 0.1) is 42.9 Å². The molecule has 1 unspecified atom stereocenters. The summed E-state index contributed by atoms with van der Waals surface area (Å²) in [5.74, 6) is -5.11. The first-order valence-corrected chi connectivity index (χ1v) is 23.6. The molecule has 75 heavy (non-hydrogen) atoms. The van der Waals surface area contributed by atoms with Crippen LogP contribution in [0, 0.1) is 0 Å². The van der Waals surface area contributed by atoms with Crippen LogP contribution in [0.5, 0.6) is 17.2 Å². The van der Waals surface area contributed by atoms with E-state index >= 15 is 0 Å². The molecule has 5 aromatic rings. The zero-order valence-corrected chi connectivity index (χ0v) is 39.5. The van der Waals surface area contributed by atoms with Crippen LogP contribution in [0.3, 0.4) is 0 Å². The van der Waals surface area contributed by atoms with Crippen LogP contribution in [-0.2, 0) is 38.0 Å². The molecule has 24 heteroatoms. The highest BCUT2D eigenvalue weighted by Gasteiger charge is 2.54. The van der Waals surface area contributed by atoms with Crippen molar-refractivity contribution in [2.75, 3.05) is 31.8 Å². The number of carbonyl (C=O) groups excluding carboxylic acids is 3. The normalized spacial score (nSPS) is 31.7. The molecule has 3 fully saturated rings. The molecule has 4 aromatic carbocycles. The minimum atomic E-state index is -2.15. The number of aliphatic hydroxyl groups excluding tert-OH is 9. The van der Waals surface area contributed by atoms with E-state index in [-0.39, 0.29) is 39.7 Å². The SMILES string of the molecule is COc1cc2oc(-c3ccc(O)cc3)cc(=O)c2c(O)c1[C@@H]1O[C@H](COC(=O)CC2C(=O)N([C@@H]3O[C@H](CO)[C@@H](O)[C@H](O)[C@H]3O)c3ccccc32)[C@@H](O)[C@H](O)[C@H]1O[C@@H]1O[C@H](COC(=O)c2ccccc2)[C@@H](O)[C@H](O)[C@H]1O. The molecule has 0 aliphatic carbocycles. The third-order valence-corrected chi connectivity index (χ3v) is 13.7. The summed E-state index contributed by atoms with van der Waals surface area (Å²) in [6.45, 7) is -2.33. The predicted molar refractivity (Wildman–Crippen MR) is 252 cm³/mol. The van der Waals surface area contributed by atoms with E-state index in [4.69, 9.17) is 37.6 Å². The Kier molecular flexibility index (Phi) is 15.6. The standard InChI is InChI=1S/C51H53NO23/c1-68-29-17-30-35(27(55)16-28(71-30)21-11-13-23(54)14-12-21)40(60)36(29)46-47(75-51-45(65)42(62)38(58)33(74-51)20-70-50(67)22-7-3-2-4-8-22)43(63)39(59)32(72-46)19-69-34(56)15-25-24-9-5-6-10-26(24)52(48(25)66)49-44(64)41(61)37(57)31(18-53)73-49/h2-14,16-17,25,31-33,37-39,41-47,49,51,53-54,57-65H,15,18-20H2,1H3/t25?,31-,32-,33-,37-,38-,39-,41+,42+,43+,44-,45-,46+,47-,49-,51+/m1/s1. The number of methoxy groups -OCH3 is 1. The summed E-state index contributed by atoms with van der Waals surface area (Å²) in [5, 5.41) is 120. The van der Waals surface area contributed by atoms with Crippen LogP contribution in [0.2, 0.25) is 0 Å². The van der Waals surface area contributed by atoms with Crippen molar-refractivity contribution in [1.82, 2.24) is 0 Å². The summed E-state index contributed by atoms with van der Waals surface area (Å²) in [6, 6.07) is 21.8. The summed E-state index contributed by atoms with van der Waals surface area (Å²) in [7, 11) is 1.17. The van der Waals surface area contributed by atoms with Gasteiger partial charge in [0.1, 0.15) is 127 Å². The predicted octanol–water partition coefficient (Wildman–Crippen LogP) is -1.05. The number of aromatic hydroxyl groups is 2. The van der Waals surface area contributed by atoms with E-state index in [2.05, 4.69) is 0 Å². The van der Waals surface area contributed by atoms with Gasteiger partial charge in [-0.3, -0.25) is 19.3 Å². The van der Waals surface area contributed by atoms with E-state index in [1.807, 2.05) is 0 Å². The third-order valence-electron chi connectivity index (χ3n) is 13.7. The Hall–Kier alpha value is -6.62. The van der Waals surface area contributed by atoms with Crippen LogP contribution >= 0.6 is 0 Å². The first-order chi connectivity index (χ1) is 35.9. The molecular formula is C51H53NO23. The van der Waals surface area contributed by atoms with Crippen LogP contribution in [0.4, 0.5) is 5.69 Å². The Morgan fingerprint density at radius 1 is 0.680 bits per heavy atom. The summed E-state index contributed by atoms with van der Waals surface area (Å²) < 4.78 is 46.4. The number of esters is 2. The zero-order valence-electron chi connectivity index (χ0n) is 39.5. The van der Waals surface area contributed by atoms with Crippen molar-refractivity contribution < 1.29 is 108 Å². The number of phenols is 2. The Morgan fingerprint density at radius 2 is 1.32 bits per heavy atom. The average Bonchev–Trinajstić information content (AvgIpc) is 3.69. The van der Waals surface area contributed by atoms with Crippen molar-refractivity contribution in [1.29, 1.82) is 0 Å². The quantitative estimate of drug-likeness (QED) is 0.0591. The molecule has 9 rings (SSSR count). The molecule has 0 saturated carbocycles. The zero-order chi connectivity index (χ0) is 53.6. The fraction of sp³-hybridized carbons (Fsp3) is 0.412. The van der Waals surface area contributed by atoms with Crippen molar-refractivity contribution >= 4 is 34.5 Å². The monoisotopic (exact) mass is 1050 g/mol. The number of rotatable bonds is 14. The van der Waals surface area contributed by atoms with Gasteiger partial charge >= 0.3 is 11.9 Å². The van der Waals surface area contributed by atoms with Gasteiger partial charge in [-0.25, -0.2) is 4.79 Å². The minimum Gasteiger partial charge on any atom is -0.508 e. The summed E-state index contributed by atoms with van der Waals surface area (Å²) in [4.78, 5) is 55.5. The molecule has 0 spiro atoms. The number of para-hydroxylation sites is 1. The van der Waals surface area contributed by atoms with Gasteiger partial charge in [-0.05, 0) is 48.0 Å². The number of hydrogen-bond donors (Lipinski definition) is 11. The highest BCUT2D eigenvalue weighted by molar-refractivity contribution is 6.07. The number of amides is 1. The van der Waals surface area contributed by atoms with Crippen LogP contribution in [-0.4, -0.2) is 187 Å². The highest BCUT2D eigenvalue weighted by Crippen LogP contribution is 2.48. The van der Waals surface area contributed by atoms with Crippen molar-refractivity contribution in [2.45, 2.75) is 104 Å². The molecule has 4 aliphatic rings. The number of fused-ring (bicyclic) bond motifs is 2. The Bertz CT molecular complexity index is 2930. The van der Waals surface area contributed by atoms with E-state index in [0.717, 1.165) is 11.0 Å². The molecule has 3 saturated heterocycles. The largest absolute Gasteiger partial charge is 0.508 e. The molecule has 1 amide bonds. The maximum atomic E-state index is 14.1. The van der Waals surface area contributed by atoms with Crippen molar-refractivity contribution in [3.05, 3.63) is 118 Å². The number of benzene rings is 4. The van der Waals surface area contributed by atoms with E-state index in [1.54, 1.807) is 30.3 Å². The fourth-order valence-electron chi connectivity index (χ4n) is 9.68. The van der Waals surface area contributed by atoms with Gasteiger partial charge in [0.2, 0.25) is 5.91 Å². The number of phenolic OH excluding ortho intramolecular Hbond substituents is 2. The Balaban J connectivity index is 1.00. The number of ether oxygens (including phenoxy) is 7. The number of nitrogens with zero attached hydrogens (tertiary/aromatic N) is 1. The van der Waals surface area contributed by atoms with E-state index in [1.165, 1.54) is 61.7 Å². The van der Waals surface area contributed by atoms with Gasteiger partial charge in [-0.1, -0.05) is 36.4 Å². The lowest BCUT2D eigenvalue weighted by Gasteiger charge is -2.46. The van der Waals surface area contributed by atoms with Crippen LogP contribution in [0.1, 0.15) is 39.9 Å². The van der Waals surface area contributed by atoms with E-state index in [9.17, 15) is 75.3 Å². The van der Waals surface area contributed by atoms with Gasteiger partial charge < -0.3 is 93.7 Å². The fourth-order valence-corrected chi connectivity index (χ4v) is 9.68. The topological polar surface area (TPSA) is 372 Å². The van der Waals surface area contributed by atoms with Gasteiger partial charge in [-0.15, -0.1) is 0 Å². The second kappa shape index (κ2) is 21.9. The number of aliphatic hydroxyl groups is 9. The van der Waals surface area contributed by atoms with Crippen molar-refractivity contribution in [2.24, 2.45) is 0 Å². The number of anilines is 1. The average molecular weight is 1050 g/mol. The molecule has 24 nitrogen and oxygen atoms in total. The summed E-state index contributed by atoms with van der Waals surface area (Å²) in [5.41, 5.74) is -0.468. The smallest absolute Gasteiger partial charge is 0.338 e. The maximum Gasteiger partial charge on any atom is 0.338 e. The van der Waals surface area contributed by atoms with Gasteiger partial charge in [0.25, 0.3) is 0 Å². The molecule has 1 aromatic heterocycles. The Morgan fingerprint density at radius 3 is 2.03 bits per heavy atom. The minimum absolute atomic E-state index is 0.0230. The lowest BCUT2D eigenvalue weighted by atomic mass is 9.89. The molecular weight excluding hydrogens is 995 g/mol. The van der Waals surface area contributed by atoms with Gasteiger partial charge in [0.15, 0.2) is 17.9 Å². The molecule has 0 radical (unpaired) electrons. The van der Waals surface area contributed by atoms with Crippen molar-refractivity contribution in [3.63, 3.8) is 0 Å².